The van der Waals surface area contributed by atoms with E-state index in [0.717, 1.165) is 6.29 Å². The van der Waals surface area contributed by atoms with Crippen LogP contribution in [0.5, 0.6) is 11.5 Å². The molecule has 1 rings (SSSR count). The highest BCUT2D eigenvalue weighted by Gasteiger charge is 2.02. The molecule has 0 aromatic heterocycles. The van der Waals surface area contributed by atoms with E-state index in [1.54, 1.807) is 18.2 Å². The third-order valence-corrected chi connectivity index (χ3v) is 1.69. The third-order valence-electron chi connectivity index (χ3n) is 1.69. The van der Waals surface area contributed by atoms with Gasteiger partial charge in [-0.3, -0.25) is 4.79 Å². The van der Waals surface area contributed by atoms with E-state index in [0.29, 0.717) is 23.7 Å². The first-order chi connectivity index (χ1) is 7.30. The molecule has 0 unspecified atom stereocenters. The van der Waals surface area contributed by atoms with Crippen molar-refractivity contribution < 1.29 is 19.0 Å². The fraction of sp³-hybridized carbons (Fsp3) is 0.364. The summed E-state index contributed by atoms with van der Waals surface area (Å²) in [5.41, 5.74) is 0.520. The topological polar surface area (TPSA) is 44.8 Å². The molecule has 0 fully saturated rings. The van der Waals surface area contributed by atoms with E-state index in [4.69, 9.17) is 14.2 Å². The maximum absolute atomic E-state index is 10.6. The number of rotatable bonds is 6. The average Bonchev–Trinajstić information content (AvgIpc) is 2.26. The van der Waals surface area contributed by atoms with Gasteiger partial charge in [-0.2, -0.15) is 0 Å². The Morgan fingerprint density at radius 1 is 1.20 bits per heavy atom. The number of hydrogen-bond acceptors (Lipinski definition) is 4. The van der Waals surface area contributed by atoms with Crippen molar-refractivity contribution in [3.8, 4) is 11.5 Å². The Morgan fingerprint density at radius 2 is 1.87 bits per heavy atom. The summed E-state index contributed by atoms with van der Waals surface area (Å²) in [6.45, 7) is 2.57. The third kappa shape index (κ3) is 3.59. The van der Waals surface area contributed by atoms with E-state index in [2.05, 4.69) is 0 Å². The van der Waals surface area contributed by atoms with Crippen LogP contribution < -0.4 is 9.47 Å². The van der Waals surface area contributed by atoms with Crippen LogP contribution in [0.3, 0.4) is 0 Å². The largest absolute Gasteiger partial charge is 0.494 e. The number of methoxy groups -OCH3 is 1. The first-order valence-corrected chi connectivity index (χ1v) is 4.65. The minimum absolute atomic E-state index is 0.147. The van der Waals surface area contributed by atoms with Crippen LogP contribution in [0.4, 0.5) is 0 Å². The van der Waals surface area contributed by atoms with E-state index in [-0.39, 0.29) is 6.79 Å². The molecule has 0 aliphatic carbocycles. The van der Waals surface area contributed by atoms with Crippen LogP contribution in [0.2, 0.25) is 0 Å². The molecular formula is C11H14O4. The molecule has 1 aromatic carbocycles. The molecule has 1 aromatic rings. The molecule has 0 saturated heterocycles. The summed E-state index contributed by atoms with van der Waals surface area (Å²) in [6.07, 6.45) is 0.752. The second kappa shape index (κ2) is 6.03. The highest BCUT2D eigenvalue weighted by atomic mass is 16.7. The van der Waals surface area contributed by atoms with Gasteiger partial charge in [0.15, 0.2) is 6.79 Å². The highest BCUT2D eigenvalue weighted by Crippen LogP contribution is 2.22. The van der Waals surface area contributed by atoms with Gasteiger partial charge in [0.1, 0.15) is 17.8 Å². The monoisotopic (exact) mass is 210 g/mol. The standard InChI is InChI=1S/C11H14O4/c1-3-14-10-4-9(7-12)5-11(6-10)15-8-13-2/h4-7H,3,8H2,1-2H3. The summed E-state index contributed by atoms with van der Waals surface area (Å²) in [5, 5.41) is 0. The first-order valence-electron chi connectivity index (χ1n) is 4.65. The Hall–Kier alpha value is -1.55. The zero-order chi connectivity index (χ0) is 11.1. The average molecular weight is 210 g/mol. The first kappa shape index (κ1) is 11.5. The van der Waals surface area contributed by atoms with Crippen molar-refractivity contribution in [1.82, 2.24) is 0 Å². The minimum atomic E-state index is 0.147. The van der Waals surface area contributed by atoms with E-state index in [9.17, 15) is 4.79 Å². The molecule has 0 saturated carbocycles. The number of benzene rings is 1. The van der Waals surface area contributed by atoms with Crippen LogP contribution in [0.25, 0.3) is 0 Å². The fourth-order valence-electron chi connectivity index (χ4n) is 1.12. The molecule has 0 radical (unpaired) electrons. The molecule has 15 heavy (non-hydrogen) atoms. The number of aldehydes is 1. The molecule has 82 valence electrons. The van der Waals surface area contributed by atoms with Crippen molar-refractivity contribution >= 4 is 6.29 Å². The van der Waals surface area contributed by atoms with Gasteiger partial charge in [-0.15, -0.1) is 0 Å². The predicted octanol–water partition coefficient (Wildman–Crippen LogP) is 1.88. The lowest BCUT2D eigenvalue weighted by Gasteiger charge is -2.08. The molecule has 0 bridgehead atoms. The van der Waals surface area contributed by atoms with Gasteiger partial charge in [0.25, 0.3) is 0 Å². The predicted molar refractivity (Wildman–Crippen MR) is 55.5 cm³/mol. The lowest BCUT2D eigenvalue weighted by Crippen LogP contribution is -2.00. The molecule has 0 aliphatic rings. The van der Waals surface area contributed by atoms with Crippen molar-refractivity contribution in [3.05, 3.63) is 23.8 Å². The van der Waals surface area contributed by atoms with Crippen LogP contribution in [-0.2, 0) is 4.74 Å². The van der Waals surface area contributed by atoms with Gasteiger partial charge in [0.05, 0.1) is 6.61 Å². The van der Waals surface area contributed by atoms with Crippen molar-refractivity contribution in [2.45, 2.75) is 6.92 Å². The molecule has 0 N–H and O–H groups in total. The zero-order valence-electron chi connectivity index (χ0n) is 8.86. The number of ether oxygens (including phenoxy) is 3. The van der Waals surface area contributed by atoms with Crippen LogP contribution in [0, 0.1) is 0 Å². The maximum Gasteiger partial charge on any atom is 0.188 e. The summed E-state index contributed by atoms with van der Waals surface area (Å²) in [4.78, 5) is 10.6. The molecule has 4 heteroatoms. The van der Waals surface area contributed by atoms with E-state index < -0.39 is 0 Å². The lowest BCUT2D eigenvalue weighted by atomic mass is 10.2. The normalized spacial score (nSPS) is 9.73. The zero-order valence-corrected chi connectivity index (χ0v) is 8.86. The van der Waals surface area contributed by atoms with Crippen molar-refractivity contribution in [2.24, 2.45) is 0 Å². The quantitative estimate of drug-likeness (QED) is 0.531. The Balaban J connectivity index is 2.84. The number of hydrogen-bond donors (Lipinski definition) is 0. The Bertz CT molecular complexity index is 322. The summed E-state index contributed by atoms with van der Waals surface area (Å²) in [6, 6.07) is 5.01. The minimum Gasteiger partial charge on any atom is -0.494 e. The van der Waals surface area contributed by atoms with Gasteiger partial charge in [0, 0.05) is 18.7 Å². The van der Waals surface area contributed by atoms with E-state index >= 15 is 0 Å². The molecule has 0 spiro atoms. The van der Waals surface area contributed by atoms with Gasteiger partial charge in [-0.1, -0.05) is 0 Å². The molecule has 0 amide bonds. The molecule has 4 nitrogen and oxygen atoms in total. The smallest absolute Gasteiger partial charge is 0.188 e. The Kier molecular flexibility index (Phi) is 4.63. The van der Waals surface area contributed by atoms with Crippen molar-refractivity contribution in [1.29, 1.82) is 0 Å². The van der Waals surface area contributed by atoms with Crippen LogP contribution in [0.1, 0.15) is 17.3 Å². The van der Waals surface area contributed by atoms with E-state index in [1.165, 1.54) is 7.11 Å². The second-order valence-corrected chi connectivity index (χ2v) is 2.84. The second-order valence-electron chi connectivity index (χ2n) is 2.84. The Morgan fingerprint density at radius 3 is 2.40 bits per heavy atom. The van der Waals surface area contributed by atoms with Gasteiger partial charge in [-0.25, -0.2) is 0 Å². The SMILES string of the molecule is CCOc1cc(C=O)cc(OCOC)c1. The van der Waals surface area contributed by atoms with Crippen molar-refractivity contribution in [3.63, 3.8) is 0 Å². The van der Waals surface area contributed by atoms with Crippen LogP contribution in [0.15, 0.2) is 18.2 Å². The van der Waals surface area contributed by atoms with Gasteiger partial charge in [-0.05, 0) is 19.1 Å². The fourth-order valence-corrected chi connectivity index (χ4v) is 1.12. The summed E-state index contributed by atoms with van der Waals surface area (Å²) < 4.78 is 15.3. The van der Waals surface area contributed by atoms with Crippen LogP contribution in [-0.4, -0.2) is 26.8 Å². The molecule has 0 heterocycles. The number of carbonyl (C=O) groups excluding carboxylic acids is 1. The van der Waals surface area contributed by atoms with E-state index in [1.807, 2.05) is 6.92 Å². The lowest BCUT2D eigenvalue weighted by molar-refractivity contribution is 0.0509. The molecular weight excluding hydrogens is 196 g/mol. The van der Waals surface area contributed by atoms with Gasteiger partial charge < -0.3 is 14.2 Å². The summed E-state index contributed by atoms with van der Waals surface area (Å²) in [5.74, 6) is 1.18. The molecule has 0 atom stereocenters. The van der Waals surface area contributed by atoms with Gasteiger partial charge >= 0.3 is 0 Å². The Labute approximate surface area is 88.8 Å². The number of carbonyl (C=O) groups is 1. The molecule has 0 aliphatic heterocycles. The summed E-state index contributed by atoms with van der Waals surface area (Å²) >= 11 is 0. The summed E-state index contributed by atoms with van der Waals surface area (Å²) in [7, 11) is 1.53. The van der Waals surface area contributed by atoms with Crippen LogP contribution >= 0.6 is 0 Å². The highest BCUT2D eigenvalue weighted by molar-refractivity contribution is 5.76. The van der Waals surface area contributed by atoms with Gasteiger partial charge in [0.2, 0.25) is 0 Å². The van der Waals surface area contributed by atoms with Crippen molar-refractivity contribution in [2.75, 3.05) is 20.5 Å². The maximum atomic E-state index is 10.6.